The lowest BCUT2D eigenvalue weighted by molar-refractivity contribution is 0.0601. The zero-order valence-corrected chi connectivity index (χ0v) is 12.4. The standard InChI is InChI=1S/C17H16N2O3/c1-21-14-8-9-16(15(12-14)17(20)22-2)19(11-10-18)13-6-4-3-5-7-13/h3-9,12H,11H2,1-2H3. The maximum atomic E-state index is 12.1. The lowest BCUT2D eigenvalue weighted by Gasteiger charge is -2.24. The molecule has 0 aliphatic carbocycles. The lowest BCUT2D eigenvalue weighted by Crippen LogP contribution is -2.20. The van der Waals surface area contributed by atoms with E-state index < -0.39 is 5.97 Å². The number of rotatable bonds is 5. The third-order valence-electron chi connectivity index (χ3n) is 3.20. The molecular weight excluding hydrogens is 280 g/mol. The molecular formula is C17H16N2O3. The molecule has 2 aromatic carbocycles. The van der Waals surface area contributed by atoms with Crippen LogP contribution in [0.2, 0.25) is 0 Å². The zero-order chi connectivity index (χ0) is 15.9. The van der Waals surface area contributed by atoms with Gasteiger partial charge >= 0.3 is 5.97 Å². The Labute approximate surface area is 129 Å². The van der Waals surface area contributed by atoms with Gasteiger partial charge in [0, 0.05) is 5.69 Å². The molecule has 0 saturated heterocycles. The minimum Gasteiger partial charge on any atom is -0.497 e. The predicted molar refractivity (Wildman–Crippen MR) is 83.4 cm³/mol. The van der Waals surface area contributed by atoms with Gasteiger partial charge in [-0.05, 0) is 30.3 Å². The molecule has 0 amide bonds. The number of methoxy groups -OCH3 is 2. The summed E-state index contributed by atoms with van der Waals surface area (Å²) in [6.45, 7) is 0.111. The van der Waals surface area contributed by atoms with Crippen LogP contribution in [-0.4, -0.2) is 26.7 Å². The van der Waals surface area contributed by atoms with E-state index in [1.807, 2.05) is 30.3 Å². The van der Waals surface area contributed by atoms with Crippen molar-refractivity contribution in [3.05, 3.63) is 54.1 Å². The number of benzene rings is 2. The smallest absolute Gasteiger partial charge is 0.340 e. The van der Waals surface area contributed by atoms with Gasteiger partial charge in [-0.15, -0.1) is 0 Å². The van der Waals surface area contributed by atoms with E-state index in [0.29, 0.717) is 17.0 Å². The summed E-state index contributed by atoms with van der Waals surface area (Å²) in [6, 6.07) is 16.6. The number of nitrogens with zero attached hydrogens (tertiary/aromatic N) is 2. The van der Waals surface area contributed by atoms with Crippen molar-refractivity contribution < 1.29 is 14.3 Å². The maximum absolute atomic E-state index is 12.1. The van der Waals surface area contributed by atoms with Crippen molar-refractivity contribution in [3.8, 4) is 11.8 Å². The number of anilines is 2. The second kappa shape index (κ2) is 7.14. The number of para-hydroxylation sites is 1. The fourth-order valence-corrected chi connectivity index (χ4v) is 2.15. The van der Waals surface area contributed by atoms with Crippen LogP contribution in [0.3, 0.4) is 0 Å². The van der Waals surface area contributed by atoms with Crippen LogP contribution < -0.4 is 9.64 Å². The first-order chi connectivity index (χ1) is 10.7. The van der Waals surface area contributed by atoms with Crippen molar-refractivity contribution in [2.45, 2.75) is 0 Å². The SMILES string of the molecule is COC(=O)c1cc(OC)ccc1N(CC#N)c1ccccc1. The van der Waals surface area contributed by atoms with Gasteiger partial charge < -0.3 is 14.4 Å². The van der Waals surface area contributed by atoms with Crippen molar-refractivity contribution in [1.29, 1.82) is 5.26 Å². The molecule has 0 radical (unpaired) electrons. The molecule has 5 heteroatoms. The van der Waals surface area contributed by atoms with Crippen LogP contribution in [0.5, 0.6) is 5.75 Å². The summed E-state index contributed by atoms with van der Waals surface area (Å²) in [5, 5.41) is 9.11. The van der Waals surface area contributed by atoms with Gasteiger partial charge in [-0.2, -0.15) is 5.26 Å². The monoisotopic (exact) mass is 296 g/mol. The van der Waals surface area contributed by atoms with Crippen LogP contribution in [0.1, 0.15) is 10.4 Å². The Morgan fingerprint density at radius 1 is 1.18 bits per heavy atom. The molecule has 0 heterocycles. The van der Waals surface area contributed by atoms with Gasteiger partial charge in [0.2, 0.25) is 0 Å². The van der Waals surface area contributed by atoms with Gasteiger partial charge in [0.05, 0.1) is 31.5 Å². The molecule has 5 nitrogen and oxygen atoms in total. The molecule has 2 aromatic rings. The first-order valence-electron chi connectivity index (χ1n) is 6.67. The van der Waals surface area contributed by atoms with Crippen LogP contribution in [0.25, 0.3) is 0 Å². The molecule has 112 valence electrons. The molecule has 0 spiro atoms. The molecule has 0 atom stereocenters. The lowest BCUT2D eigenvalue weighted by atomic mass is 10.1. The van der Waals surface area contributed by atoms with Crippen LogP contribution in [0.4, 0.5) is 11.4 Å². The summed E-state index contributed by atoms with van der Waals surface area (Å²) in [5.74, 6) is 0.0712. The molecule has 0 aromatic heterocycles. The number of ether oxygens (including phenoxy) is 2. The van der Waals surface area contributed by atoms with Crippen molar-refractivity contribution >= 4 is 17.3 Å². The number of carbonyl (C=O) groups is 1. The molecule has 0 aliphatic heterocycles. The van der Waals surface area contributed by atoms with E-state index in [9.17, 15) is 4.79 Å². The summed E-state index contributed by atoms with van der Waals surface area (Å²) < 4.78 is 10.00. The molecule has 0 saturated carbocycles. The van der Waals surface area contributed by atoms with Crippen molar-refractivity contribution in [3.63, 3.8) is 0 Å². The van der Waals surface area contributed by atoms with E-state index in [-0.39, 0.29) is 6.54 Å². The Bertz CT molecular complexity index is 693. The Morgan fingerprint density at radius 2 is 1.91 bits per heavy atom. The normalized spacial score (nSPS) is 9.68. The molecule has 0 N–H and O–H groups in total. The van der Waals surface area contributed by atoms with E-state index in [4.69, 9.17) is 14.7 Å². The highest BCUT2D eigenvalue weighted by Crippen LogP contribution is 2.31. The molecule has 0 fully saturated rings. The van der Waals surface area contributed by atoms with Gasteiger partial charge in [-0.25, -0.2) is 4.79 Å². The Morgan fingerprint density at radius 3 is 2.50 bits per heavy atom. The van der Waals surface area contributed by atoms with Crippen molar-refractivity contribution in [2.24, 2.45) is 0 Å². The number of carbonyl (C=O) groups excluding carboxylic acids is 1. The van der Waals surface area contributed by atoms with Crippen LogP contribution in [0, 0.1) is 11.3 Å². The van der Waals surface area contributed by atoms with Gasteiger partial charge in [0.25, 0.3) is 0 Å². The second-order valence-corrected chi connectivity index (χ2v) is 4.45. The minimum atomic E-state index is -0.479. The molecule has 2 rings (SSSR count). The highest BCUT2D eigenvalue weighted by atomic mass is 16.5. The minimum absolute atomic E-state index is 0.111. The summed E-state index contributed by atoms with van der Waals surface area (Å²) in [5.41, 5.74) is 1.76. The van der Waals surface area contributed by atoms with Crippen LogP contribution in [0.15, 0.2) is 48.5 Å². The maximum Gasteiger partial charge on any atom is 0.340 e. The van der Waals surface area contributed by atoms with E-state index in [2.05, 4.69) is 6.07 Å². The third kappa shape index (κ3) is 3.18. The Balaban J connectivity index is 2.56. The zero-order valence-electron chi connectivity index (χ0n) is 12.4. The van der Waals surface area contributed by atoms with Crippen molar-refractivity contribution in [1.82, 2.24) is 0 Å². The van der Waals surface area contributed by atoms with Gasteiger partial charge in [-0.1, -0.05) is 18.2 Å². The fourth-order valence-electron chi connectivity index (χ4n) is 2.15. The topological polar surface area (TPSA) is 62.6 Å². The van der Waals surface area contributed by atoms with Gasteiger partial charge in [-0.3, -0.25) is 0 Å². The summed E-state index contributed by atoms with van der Waals surface area (Å²) >= 11 is 0. The quantitative estimate of drug-likeness (QED) is 0.626. The first-order valence-corrected chi connectivity index (χ1v) is 6.67. The van der Waals surface area contributed by atoms with Crippen LogP contribution in [-0.2, 0) is 4.74 Å². The number of hydrogen-bond donors (Lipinski definition) is 0. The average molecular weight is 296 g/mol. The molecule has 22 heavy (non-hydrogen) atoms. The van der Waals surface area contributed by atoms with E-state index >= 15 is 0 Å². The number of esters is 1. The van der Waals surface area contributed by atoms with E-state index in [0.717, 1.165) is 5.69 Å². The van der Waals surface area contributed by atoms with Gasteiger partial charge in [0.15, 0.2) is 0 Å². The molecule has 0 bridgehead atoms. The van der Waals surface area contributed by atoms with E-state index in [1.54, 1.807) is 23.1 Å². The summed E-state index contributed by atoms with van der Waals surface area (Å²) in [7, 11) is 2.85. The Hall–Kier alpha value is -3.00. The third-order valence-corrected chi connectivity index (χ3v) is 3.20. The summed E-state index contributed by atoms with van der Waals surface area (Å²) in [4.78, 5) is 13.8. The largest absolute Gasteiger partial charge is 0.497 e. The average Bonchev–Trinajstić information content (AvgIpc) is 2.59. The Kier molecular flexibility index (Phi) is 4.99. The molecule has 0 unspecified atom stereocenters. The first kappa shape index (κ1) is 15.4. The van der Waals surface area contributed by atoms with Crippen LogP contribution >= 0.6 is 0 Å². The highest BCUT2D eigenvalue weighted by molar-refractivity contribution is 5.97. The highest BCUT2D eigenvalue weighted by Gasteiger charge is 2.19. The van der Waals surface area contributed by atoms with E-state index in [1.165, 1.54) is 14.2 Å². The van der Waals surface area contributed by atoms with Gasteiger partial charge in [0.1, 0.15) is 12.3 Å². The van der Waals surface area contributed by atoms with Crippen molar-refractivity contribution in [2.75, 3.05) is 25.7 Å². The second-order valence-electron chi connectivity index (χ2n) is 4.45. The fraction of sp³-hybridized carbons (Fsp3) is 0.176. The number of nitriles is 1. The predicted octanol–water partition coefficient (Wildman–Crippen LogP) is 3.14. The molecule has 0 aliphatic rings. The summed E-state index contributed by atoms with van der Waals surface area (Å²) in [6.07, 6.45) is 0. The number of hydrogen-bond acceptors (Lipinski definition) is 5.